The summed E-state index contributed by atoms with van der Waals surface area (Å²) in [4.78, 5) is 0.230. The van der Waals surface area contributed by atoms with Gasteiger partial charge in [-0.2, -0.15) is 4.31 Å². The number of nitrogens with two attached hydrogens (primary N) is 1. The molecular weight excluding hydrogens is 400 g/mol. The Labute approximate surface area is 179 Å². The highest BCUT2D eigenvalue weighted by atomic mass is 32.2. The van der Waals surface area contributed by atoms with E-state index in [-0.39, 0.29) is 10.5 Å². The lowest BCUT2D eigenvalue weighted by atomic mass is 9.90. The Morgan fingerprint density at radius 3 is 2.37 bits per heavy atom. The van der Waals surface area contributed by atoms with Crippen molar-refractivity contribution in [2.24, 2.45) is 5.73 Å². The van der Waals surface area contributed by atoms with Gasteiger partial charge in [-0.3, -0.25) is 0 Å². The van der Waals surface area contributed by atoms with Gasteiger partial charge in [0.05, 0.1) is 12.2 Å². The minimum Gasteiger partial charge on any atom is -0.492 e. The molecule has 2 aromatic rings. The van der Waals surface area contributed by atoms with Gasteiger partial charge in [-0.1, -0.05) is 30.3 Å². The normalized spacial score (nSPS) is 19.3. The van der Waals surface area contributed by atoms with Gasteiger partial charge in [0.15, 0.2) is 0 Å². The Balaban J connectivity index is 1.64. The minimum atomic E-state index is -3.67. The number of sulfonamides is 1. The van der Waals surface area contributed by atoms with Crippen molar-refractivity contribution in [1.29, 1.82) is 0 Å². The molecule has 4 rings (SSSR count). The van der Waals surface area contributed by atoms with Crippen molar-refractivity contribution < 1.29 is 17.9 Å². The molecule has 2 N–H and O–H groups in total. The van der Waals surface area contributed by atoms with E-state index in [1.54, 1.807) is 16.4 Å². The van der Waals surface area contributed by atoms with Gasteiger partial charge in [-0.25, -0.2) is 8.42 Å². The molecule has 6 nitrogen and oxygen atoms in total. The Bertz CT molecular complexity index is 973. The largest absolute Gasteiger partial charge is 0.492 e. The molecule has 0 radical (unpaired) electrons. The van der Waals surface area contributed by atoms with Gasteiger partial charge in [0.1, 0.15) is 10.6 Å². The third kappa shape index (κ3) is 4.12. The van der Waals surface area contributed by atoms with E-state index in [9.17, 15) is 8.42 Å². The van der Waals surface area contributed by atoms with Crippen molar-refractivity contribution in [3.05, 3.63) is 48.0 Å². The van der Waals surface area contributed by atoms with Gasteiger partial charge in [-0.05, 0) is 61.4 Å². The summed E-state index contributed by atoms with van der Waals surface area (Å²) >= 11 is 0. The number of benzene rings is 2. The second-order valence-electron chi connectivity index (χ2n) is 8.03. The van der Waals surface area contributed by atoms with Crippen molar-refractivity contribution in [3.8, 4) is 16.9 Å². The van der Waals surface area contributed by atoms with E-state index in [1.165, 1.54) is 0 Å². The van der Waals surface area contributed by atoms with Crippen LogP contribution in [0.2, 0.25) is 0 Å². The zero-order chi connectivity index (χ0) is 21.2. The molecule has 1 spiro atoms. The zero-order valence-electron chi connectivity index (χ0n) is 17.5. The summed E-state index contributed by atoms with van der Waals surface area (Å²) < 4.78 is 40.3. The predicted octanol–water partition coefficient (Wildman–Crippen LogP) is 3.54. The smallest absolute Gasteiger partial charge is 0.246 e. The molecule has 0 unspecified atom stereocenters. The summed E-state index contributed by atoms with van der Waals surface area (Å²) in [5.41, 5.74) is 8.39. The maximum Gasteiger partial charge on any atom is 0.246 e. The Hall–Kier alpha value is -1.93. The molecule has 2 aromatic carbocycles. The number of ether oxygens (including phenoxy) is 2. The molecule has 2 fully saturated rings. The van der Waals surface area contributed by atoms with Crippen LogP contribution in [0, 0.1) is 0 Å². The molecule has 2 aliphatic heterocycles. The molecule has 0 aromatic heterocycles. The van der Waals surface area contributed by atoms with E-state index in [0.717, 1.165) is 49.0 Å². The lowest BCUT2D eigenvalue weighted by Crippen LogP contribution is -2.46. The first kappa shape index (κ1) is 21.3. The molecular formula is C23H30N2O4S. The molecule has 30 heavy (non-hydrogen) atoms. The lowest BCUT2D eigenvalue weighted by Gasteiger charge is -2.38. The standard InChI is InChI=1S/C23H30N2O4S/c1-2-28-21-9-8-20(19-6-4-18(17-24)5-7-19)16-22(21)30(26,27)25-13-11-23(12-14-25)10-3-15-29-23/h4-9,16H,2-3,10-15,17,24H2,1H3. The third-order valence-corrected chi connectivity index (χ3v) is 8.12. The van der Waals surface area contributed by atoms with Crippen molar-refractivity contribution in [2.45, 2.75) is 49.6 Å². The topological polar surface area (TPSA) is 81.9 Å². The highest BCUT2D eigenvalue weighted by Gasteiger charge is 2.42. The maximum atomic E-state index is 13.6. The first-order valence-corrected chi connectivity index (χ1v) is 12.1. The quantitative estimate of drug-likeness (QED) is 0.758. The van der Waals surface area contributed by atoms with Crippen LogP contribution in [-0.4, -0.2) is 44.6 Å². The Morgan fingerprint density at radius 2 is 1.77 bits per heavy atom. The van der Waals surface area contributed by atoms with Crippen LogP contribution in [0.3, 0.4) is 0 Å². The summed E-state index contributed by atoms with van der Waals surface area (Å²) in [7, 11) is -3.67. The van der Waals surface area contributed by atoms with Crippen molar-refractivity contribution in [3.63, 3.8) is 0 Å². The summed E-state index contributed by atoms with van der Waals surface area (Å²) in [5.74, 6) is 0.400. The highest BCUT2D eigenvalue weighted by molar-refractivity contribution is 7.89. The van der Waals surface area contributed by atoms with Gasteiger partial charge in [0.2, 0.25) is 10.0 Å². The predicted molar refractivity (Wildman–Crippen MR) is 117 cm³/mol. The first-order chi connectivity index (χ1) is 14.5. The average Bonchev–Trinajstić information content (AvgIpc) is 3.22. The molecule has 2 aliphatic rings. The summed E-state index contributed by atoms with van der Waals surface area (Å²) in [6.45, 7) is 4.48. The molecule has 0 bridgehead atoms. The van der Waals surface area contributed by atoms with Crippen molar-refractivity contribution >= 4 is 10.0 Å². The van der Waals surface area contributed by atoms with E-state index in [2.05, 4.69) is 0 Å². The van der Waals surface area contributed by atoms with Crippen LogP contribution in [0.25, 0.3) is 11.1 Å². The molecule has 0 amide bonds. The van der Waals surface area contributed by atoms with Crippen LogP contribution in [0.5, 0.6) is 5.75 Å². The Morgan fingerprint density at radius 1 is 1.07 bits per heavy atom. The molecule has 0 saturated carbocycles. The lowest BCUT2D eigenvalue weighted by molar-refractivity contribution is -0.0309. The van der Waals surface area contributed by atoms with E-state index in [0.29, 0.717) is 32.0 Å². The van der Waals surface area contributed by atoms with Crippen LogP contribution < -0.4 is 10.5 Å². The molecule has 2 saturated heterocycles. The second-order valence-corrected chi connectivity index (χ2v) is 9.94. The molecule has 0 aliphatic carbocycles. The maximum absolute atomic E-state index is 13.6. The number of piperidine rings is 1. The van der Waals surface area contributed by atoms with Gasteiger partial charge in [0, 0.05) is 26.2 Å². The fourth-order valence-electron chi connectivity index (χ4n) is 4.42. The summed E-state index contributed by atoms with van der Waals surface area (Å²) in [5, 5.41) is 0. The van der Waals surface area contributed by atoms with E-state index in [1.807, 2.05) is 37.3 Å². The SMILES string of the molecule is CCOc1ccc(-c2ccc(CN)cc2)cc1S(=O)(=O)N1CCC2(CCCO2)CC1. The van der Waals surface area contributed by atoms with Gasteiger partial charge >= 0.3 is 0 Å². The average molecular weight is 431 g/mol. The number of hydrogen-bond donors (Lipinski definition) is 1. The summed E-state index contributed by atoms with van der Waals surface area (Å²) in [6.07, 6.45) is 3.58. The highest BCUT2D eigenvalue weighted by Crippen LogP contribution is 2.39. The first-order valence-electron chi connectivity index (χ1n) is 10.7. The van der Waals surface area contributed by atoms with Crippen LogP contribution in [0.4, 0.5) is 0 Å². The van der Waals surface area contributed by atoms with Gasteiger partial charge in [0.25, 0.3) is 0 Å². The Kier molecular flexibility index (Phi) is 6.16. The van der Waals surface area contributed by atoms with Gasteiger partial charge < -0.3 is 15.2 Å². The second kappa shape index (κ2) is 8.67. The van der Waals surface area contributed by atoms with E-state index in [4.69, 9.17) is 15.2 Å². The van der Waals surface area contributed by atoms with Crippen molar-refractivity contribution in [1.82, 2.24) is 4.31 Å². The van der Waals surface area contributed by atoms with Crippen LogP contribution >= 0.6 is 0 Å². The summed E-state index contributed by atoms with van der Waals surface area (Å²) in [6, 6.07) is 13.3. The molecule has 0 atom stereocenters. The fourth-order valence-corrected chi connectivity index (χ4v) is 6.02. The van der Waals surface area contributed by atoms with Crippen LogP contribution in [-0.2, 0) is 21.3 Å². The van der Waals surface area contributed by atoms with Crippen LogP contribution in [0.1, 0.15) is 38.2 Å². The third-order valence-electron chi connectivity index (χ3n) is 6.20. The number of rotatable bonds is 6. The monoisotopic (exact) mass is 430 g/mol. The van der Waals surface area contributed by atoms with E-state index < -0.39 is 10.0 Å². The molecule has 7 heteroatoms. The molecule has 2 heterocycles. The zero-order valence-corrected chi connectivity index (χ0v) is 18.3. The number of nitrogens with zero attached hydrogens (tertiary/aromatic N) is 1. The van der Waals surface area contributed by atoms with Crippen LogP contribution in [0.15, 0.2) is 47.4 Å². The minimum absolute atomic E-state index is 0.124. The van der Waals surface area contributed by atoms with Gasteiger partial charge in [-0.15, -0.1) is 0 Å². The fraction of sp³-hybridized carbons (Fsp3) is 0.478. The molecule has 162 valence electrons. The van der Waals surface area contributed by atoms with E-state index >= 15 is 0 Å². The number of hydrogen-bond acceptors (Lipinski definition) is 5. The van der Waals surface area contributed by atoms with Crippen molar-refractivity contribution in [2.75, 3.05) is 26.3 Å².